The quantitative estimate of drug-likeness (QED) is 0.467. The first kappa shape index (κ1) is 31.4. The summed E-state index contributed by atoms with van der Waals surface area (Å²) < 4.78 is 57.2. The first-order chi connectivity index (χ1) is 19.6. The second-order valence-corrected chi connectivity index (χ2v) is 14.0. The molecule has 2 N–H and O–H groups in total. The molecule has 2 aliphatic rings. The topological polar surface area (TPSA) is 122 Å². The Hall–Kier alpha value is -3.54. The Kier molecular flexibility index (Phi) is 9.24. The molecule has 1 fully saturated rings. The van der Waals surface area contributed by atoms with Crippen molar-refractivity contribution in [1.82, 2.24) is 15.5 Å². The van der Waals surface area contributed by atoms with Gasteiger partial charge in [0.15, 0.2) is 21.5 Å². The van der Waals surface area contributed by atoms with Crippen LogP contribution in [0.2, 0.25) is 0 Å². The molecule has 0 spiro atoms. The molecule has 12 heteroatoms. The monoisotopic (exact) mass is 605 g/mol. The Morgan fingerprint density at radius 3 is 2.50 bits per heavy atom. The van der Waals surface area contributed by atoms with Crippen molar-refractivity contribution in [3.8, 4) is 0 Å². The van der Waals surface area contributed by atoms with Gasteiger partial charge in [-0.1, -0.05) is 6.07 Å². The fraction of sp³-hybridized carbons (Fsp3) is 0.500. The number of likely N-dealkylation sites (tertiary alicyclic amines) is 1. The summed E-state index contributed by atoms with van der Waals surface area (Å²) in [7, 11) is -3.48. The Bertz CT molecular complexity index is 1470. The number of rotatable bonds is 8. The highest BCUT2D eigenvalue weighted by Crippen LogP contribution is 2.38. The maximum Gasteiger partial charge on any atom is 0.407 e. The minimum Gasteiger partial charge on any atom is -0.444 e. The number of benzene rings is 2. The van der Waals surface area contributed by atoms with Gasteiger partial charge in [-0.15, -0.1) is 0 Å². The molecule has 4 rings (SSSR count). The van der Waals surface area contributed by atoms with E-state index in [9.17, 15) is 31.6 Å². The van der Waals surface area contributed by atoms with Crippen LogP contribution in [0.15, 0.2) is 41.3 Å². The maximum atomic E-state index is 14.2. The summed E-state index contributed by atoms with van der Waals surface area (Å²) in [6.45, 7) is 5.78. The number of nitrogens with one attached hydrogen (secondary N) is 2. The van der Waals surface area contributed by atoms with Crippen LogP contribution in [0.1, 0.15) is 73.9 Å². The van der Waals surface area contributed by atoms with Crippen molar-refractivity contribution >= 4 is 27.7 Å². The lowest BCUT2D eigenvalue weighted by molar-refractivity contribution is -0.132. The number of carbonyl (C=O) groups excluding carboxylic acids is 3. The number of halogens is 2. The second kappa shape index (κ2) is 12.4. The van der Waals surface area contributed by atoms with Gasteiger partial charge in [-0.25, -0.2) is 22.0 Å². The van der Waals surface area contributed by atoms with E-state index in [0.29, 0.717) is 36.9 Å². The van der Waals surface area contributed by atoms with Gasteiger partial charge in [-0.2, -0.15) is 0 Å². The third-order valence-electron chi connectivity index (χ3n) is 7.61. The maximum absolute atomic E-state index is 14.2. The second-order valence-electron chi connectivity index (χ2n) is 12.0. The minimum absolute atomic E-state index is 0.0347. The van der Waals surface area contributed by atoms with Gasteiger partial charge in [0.05, 0.1) is 4.90 Å². The summed E-state index contributed by atoms with van der Waals surface area (Å²) in [5.74, 6) is -3.05. The fourth-order valence-electron chi connectivity index (χ4n) is 5.66. The molecule has 42 heavy (non-hydrogen) atoms. The van der Waals surface area contributed by atoms with Crippen molar-refractivity contribution < 1.29 is 36.3 Å². The number of amides is 3. The third kappa shape index (κ3) is 7.64. The number of carbonyl (C=O) groups is 3. The molecule has 0 bridgehead atoms. The van der Waals surface area contributed by atoms with Crippen LogP contribution in [0.5, 0.6) is 0 Å². The smallest absolute Gasteiger partial charge is 0.407 e. The van der Waals surface area contributed by atoms with Gasteiger partial charge in [0.1, 0.15) is 5.60 Å². The number of aryl methyl sites for hydroxylation is 1. The SMILES string of the molecule is CC(C)(C)OC(=O)NC(CC(=O)N1CCC[C@H]1CNC(=O)c1cccc(S(C)(=O)=O)c1)C1CCc2cc(F)c(F)cc21. The molecule has 9 nitrogen and oxygen atoms in total. The van der Waals surface area contributed by atoms with Crippen molar-refractivity contribution in [2.24, 2.45) is 0 Å². The Morgan fingerprint density at radius 2 is 1.81 bits per heavy atom. The molecule has 1 aliphatic heterocycles. The molecule has 2 unspecified atom stereocenters. The molecule has 1 saturated heterocycles. The van der Waals surface area contributed by atoms with Gasteiger partial charge >= 0.3 is 6.09 Å². The highest BCUT2D eigenvalue weighted by Gasteiger charge is 2.37. The summed E-state index contributed by atoms with van der Waals surface area (Å²) in [5, 5.41) is 5.61. The van der Waals surface area contributed by atoms with Crippen molar-refractivity contribution in [2.75, 3.05) is 19.3 Å². The molecule has 0 aromatic heterocycles. The molecule has 2 aromatic rings. The zero-order valence-electron chi connectivity index (χ0n) is 24.2. The van der Waals surface area contributed by atoms with Crippen LogP contribution >= 0.6 is 0 Å². The van der Waals surface area contributed by atoms with E-state index in [1.807, 2.05) is 0 Å². The number of fused-ring (bicyclic) bond motifs is 1. The van der Waals surface area contributed by atoms with Crippen LogP contribution in [0.3, 0.4) is 0 Å². The number of hydrogen-bond acceptors (Lipinski definition) is 6. The number of nitrogens with zero attached hydrogens (tertiary/aromatic N) is 1. The van der Waals surface area contributed by atoms with Gasteiger partial charge in [0.25, 0.3) is 5.91 Å². The lowest BCUT2D eigenvalue weighted by atomic mass is 9.90. The summed E-state index contributed by atoms with van der Waals surface area (Å²) in [4.78, 5) is 40.8. The van der Waals surface area contributed by atoms with Crippen molar-refractivity contribution in [3.63, 3.8) is 0 Å². The van der Waals surface area contributed by atoms with Crippen molar-refractivity contribution in [1.29, 1.82) is 0 Å². The third-order valence-corrected chi connectivity index (χ3v) is 8.72. The highest BCUT2D eigenvalue weighted by atomic mass is 32.2. The van der Waals surface area contributed by atoms with Gasteiger partial charge < -0.3 is 20.3 Å². The molecule has 3 atom stereocenters. The van der Waals surface area contributed by atoms with Crippen LogP contribution in [0.4, 0.5) is 13.6 Å². The van der Waals surface area contributed by atoms with E-state index in [1.165, 1.54) is 30.3 Å². The normalized spacial score (nSPS) is 19.2. The zero-order valence-corrected chi connectivity index (χ0v) is 25.0. The number of ether oxygens (including phenoxy) is 1. The first-order valence-electron chi connectivity index (χ1n) is 14.0. The van der Waals surface area contributed by atoms with E-state index in [-0.39, 0.29) is 35.4 Å². The molecular formula is C30H37F2N3O6S. The van der Waals surface area contributed by atoms with Crippen LogP contribution < -0.4 is 10.6 Å². The summed E-state index contributed by atoms with van der Waals surface area (Å²) in [6.07, 6.45) is 2.61. The van der Waals surface area contributed by atoms with Crippen LogP contribution in [0, 0.1) is 11.6 Å². The van der Waals surface area contributed by atoms with Gasteiger partial charge in [-0.3, -0.25) is 9.59 Å². The summed E-state index contributed by atoms with van der Waals surface area (Å²) in [5.41, 5.74) is 0.618. The lowest BCUT2D eigenvalue weighted by Gasteiger charge is -2.31. The van der Waals surface area contributed by atoms with Crippen molar-refractivity contribution in [3.05, 3.63) is 64.7 Å². The van der Waals surface area contributed by atoms with Gasteiger partial charge in [0, 0.05) is 49.3 Å². The Balaban J connectivity index is 1.47. The van der Waals surface area contributed by atoms with E-state index < -0.39 is 51.0 Å². The number of sulfone groups is 1. The molecule has 1 heterocycles. The largest absolute Gasteiger partial charge is 0.444 e. The zero-order chi connectivity index (χ0) is 30.8. The Labute approximate surface area is 244 Å². The standard InChI is InChI=1S/C30H37F2N3O6S/c1-30(2,3)41-29(38)34-26(22-11-10-18-14-24(31)25(32)15-23(18)22)16-27(36)35-12-6-8-20(35)17-33-28(37)19-7-5-9-21(13-19)42(4,39)40/h5,7,9,13-15,20,22,26H,6,8,10-12,16-17H2,1-4H3,(H,33,37)(H,34,38)/t20-,22?,26?/m0/s1. The average Bonchev–Trinajstić information content (AvgIpc) is 3.52. The first-order valence-corrected chi connectivity index (χ1v) is 15.9. The predicted molar refractivity (Wildman–Crippen MR) is 152 cm³/mol. The van der Waals surface area contributed by atoms with E-state index in [4.69, 9.17) is 4.74 Å². The van der Waals surface area contributed by atoms with Gasteiger partial charge in [-0.05, 0) is 87.9 Å². The molecule has 2 aromatic carbocycles. The van der Waals surface area contributed by atoms with Crippen LogP contribution in [-0.4, -0.2) is 68.3 Å². The van der Waals surface area contributed by atoms with E-state index in [1.54, 1.807) is 25.7 Å². The number of alkyl carbamates (subject to hydrolysis) is 1. The summed E-state index contributed by atoms with van der Waals surface area (Å²) >= 11 is 0. The summed E-state index contributed by atoms with van der Waals surface area (Å²) in [6, 6.07) is 7.02. The lowest BCUT2D eigenvalue weighted by Crippen LogP contribution is -2.48. The number of hydrogen-bond donors (Lipinski definition) is 2. The fourth-order valence-corrected chi connectivity index (χ4v) is 6.33. The van der Waals surface area contributed by atoms with E-state index >= 15 is 0 Å². The molecule has 1 aliphatic carbocycles. The molecule has 228 valence electrons. The molecule has 0 radical (unpaired) electrons. The minimum atomic E-state index is -3.48. The molecular weight excluding hydrogens is 568 g/mol. The van der Waals surface area contributed by atoms with E-state index in [0.717, 1.165) is 18.7 Å². The average molecular weight is 606 g/mol. The van der Waals surface area contributed by atoms with Crippen LogP contribution in [-0.2, 0) is 25.8 Å². The van der Waals surface area contributed by atoms with Crippen molar-refractivity contribution in [2.45, 2.75) is 81.4 Å². The van der Waals surface area contributed by atoms with Crippen LogP contribution in [0.25, 0.3) is 0 Å². The molecule has 0 saturated carbocycles. The predicted octanol–water partition coefficient (Wildman–Crippen LogP) is 4.10. The Morgan fingerprint density at radius 1 is 1.10 bits per heavy atom. The van der Waals surface area contributed by atoms with E-state index in [2.05, 4.69) is 10.6 Å². The molecule has 3 amide bonds. The van der Waals surface area contributed by atoms with Gasteiger partial charge in [0.2, 0.25) is 5.91 Å². The highest BCUT2D eigenvalue weighted by molar-refractivity contribution is 7.90.